The van der Waals surface area contributed by atoms with E-state index in [4.69, 9.17) is 9.47 Å². The van der Waals surface area contributed by atoms with Crippen LogP contribution < -0.4 is 0 Å². The van der Waals surface area contributed by atoms with Crippen molar-refractivity contribution < 1.29 is 18.4 Å². The first-order valence-electron chi connectivity index (χ1n) is 6.97. The molecule has 0 amide bonds. The molecule has 3 fully saturated rings. The Morgan fingerprint density at radius 3 is 1.59 bits per heavy atom. The van der Waals surface area contributed by atoms with Crippen LogP contribution in [0, 0.1) is 0 Å². The van der Waals surface area contributed by atoms with Gasteiger partial charge in [-0.2, -0.15) is 0 Å². The van der Waals surface area contributed by atoms with Gasteiger partial charge in [-0.25, -0.2) is 0 Å². The molecule has 3 saturated heterocycles. The van der Waals surface area contributed by atoms with E-state index in [1.165, 1.54) is 54.7 Å². The number of hydrogen-bond acceptors (Lipinski definition) is 2. The average molecular weight is 242 g/mol. The van der Waals surface area contributed by atoms with Crippen LogP contribution >= 0.6 is 0 Å². The van der Waals surface area contributed by atoms with Gasteiger partial charge >= 0.3 is 0 Å². The number of rotatable bonds is 4. The summed E-state index contributed by atoms with van der Waals surface area (Å²) in [5.41, 5.74) is 0. The summed E-state index contributed by atoms with van der Waals surface area (Å²) >= 11 is 0. The topological polar surface area (TPSA) is 25.1 Å². The van der Waals surface area contributed by atoms with E-state index in [0.29, 0.717) is 12.2 Å². The highest BCUT2D eigenvalue weighted by molar-refractivity contribution is 4.71. The van der Waals surface area contributed by atoms with Crippen LogP contribution in [-0.4, -0.2) is 87.8 Å². The molecule has 0 aromatic carbocycles. The van der Waals surface area contributed by atoms with Crippen molar-refractivity contribution in [3.8, 4) is 0 Å². The zero-order valence-electron chi connectivity index (χ0n) is 11.2. The lowest BCUT2D eigenvalue weighted by Crippen LogP contribution is -2.53. The highest BCUT2D eigenvalue weighted by Crippen LogP contribution is 2.23. The summed E-state index contributed by atoms with van der Waals surface area (Å²) < 4.78 is 13.2. The zero-order chi connectivity index (χ0) is 11.9. The molecule has 4 unspecified atom stereocenters. The Hall–Kier alpha value is -0.160. The molecule has 17 heavy (non-hydrogen) atoms. The van der Waals surface area contributed by atoms with Crippen LogP contribution in [0.25, 0.3) is 0 Å². The Morgan fingerprint density at radius 2 is 1.24 bits per heavy atom. The lowest BCUT2D eigenvalue weighted by molar-refractivity contribution is -0.946. The Balaban J connectivity index is 1.57. The molecule has 0 saturated carbocycles. The summed E-state index contributed by atoms with van der Waals surface area (Å²) in [6, 6.07) is 0. The highest BCUT2D eigenvalue weighted by Gasteiger charge is 2.41. The maximum Gasteiger partial charge on any atom is 0.130 e. The fourth-order valence-corrected chi connectivity index (χ4v) is 3.24. The molecular formula is C13H26N2O2+2. The van der Waals surface area contributed by atoms with Crippen molar-refractivity contribution in [3.05, 3.63) is 0 Å². The predicted molar refractivity (Wildman–Crippen MR) is 65.7 cm³/mol. The molecule has 0 aromatic heterocycles. The Kier molecular flexibility index (Phi) is 2.94. The summed E-state index contributed by atoms with van der Waals surface area (Å²) in [5.74, 6) is 0. The second-order valence-corrected chi connectivity index (χ2v) is 6.76. The van der Waals surface area contributed by atoms with Crippen LogP contribution in [0.15, 0.2) is 0 Å². The maximum absolute atomic E-state index is 5.40. The van der Waals surface area contributed by atoms with Crippen molar-refractivity contribution in [1.82, 2.24) is 0 Å². The van der Waals surface area contributed by atoms with Crippen molar-refractivity contribution in [2.45, 2.75) is 18.6 Å². The van der Waals surface area contributed by atoms with Gasteiger partial charge in [-0.15, -0.1) is 0 Å². The third kappa shape index (κ3) is 3.19. The molecule has 4 heteroatoms. The SMILES string of the molecule is C[N+]1(CC2CO2)CCC[N+](C)(CC2CO2)CC1. The van der Waals surface area contributed by atoms with Crippen molar-refractivity contribution >= 4 is 0 Å². The molecule has 3 rings (SSSR count). The van der Waals surface area contributed by atoms with Crippen molar-refractivity contribution in [2.75, 3.05) is 66.6 Å². The van der Waals surface area contributed by atoms with Gasteiger partial charge in [0.1, 0.15) is 38.4 Å². The number of hydrogen-bond donors (Lipinski definition) is 0. The second-order valence-electron chi connectivity index (χ2n) is 6.76. The number of nitrogens with zero attached hydrogens (tertiary/aromatic N) is 2. The van der Waals surface area contributed by atoms with Crippen LogP contribution in [0.3, 0.4) is 0 Å². The minimum atomic E-state index is 0.559. The van der Waals surface area contributed by atoms with Crippen LogP contribution in [0.4, 0.5) is 0 Å². The molecule has 3 heterocycles. The normalized spacial score (nSPS) is 49.8. The molecule has 3 aliphatic rings. The summed E-state index contributed by atoms with van der Waals surface area (Å²) in [7, 11) is 4.82. The van der Waals surface area contributed by atoms with Gasteiger partial charge in [-0.1, -0.05) is 0 Å². The highest BCUT2D eigenvalue weighted by atomic mass is 16.6. The van der Waals surface area contributed by atoms with E-state index < -0.39 is 0 Å². The Morgan fingerprint density at radius 1 is 0.824 bits per heavy atom. The monoisotopic (exact) mass is 242 g/mol. The summed E-state index contributed by atoms with van der Waals surface area (Å²) in [6.07, 6.45) is 2.46. The van der Waals surface area contributed by atoms with E-state index in [-0.39, 0.29) is 0 Å². The average Bonchev–Trinajstić information content (AvgIpc) is 3.10. The van der Waals surface area contributed by atoms with Gasteiger partial charge in [-0.3, -0.25) is 0 Å². The van der Waals surface area contributed by atoms with Crippen molar-refractivity contribution in [1.29, 1.82) is 0 Å². The maximum atomic E-state index is 5.40. The van der Waals surface area contributed by atoms with Crippen molar-refractivity contribution in [2.24, 2.45) is 0 Å². The first-order chi connectivity index (χ1) is 8.07. The van der Waals surface area contributed by atoms with Gasteiger partial charge in [0.2, 0.25) is 0 Å². The van der Waals surface area contributed by atoms with Crippen LogP contribution in [0.2, 0.25) is 0 Å². The molecule has 4 nitrogen and oxygen atoms in total. The molecule has 0 N–H and O–H groups in total. The van der Waals surface area contributed by atoms with E-state index in [9.17, 15) is 0 Å². The standard InChI is InChI=1S/C13H26N2O2/c1-14(8-12-10-16-12)4-3-5-15(2,7-6-14)9-13-11-17-13/h12-13H,3-11H2,1-2H3/q+2. The molecular weight excluding hydrogens is 216 g/mol. The summed E-state index contributed by atoms with van der Waals surface area (Å²) in [5, 5.41) is 0. The van der Waals surface area contributed by atoms with E-state index in [2.05, 4.69) is 14.1 Å². The molecule has 0 bridgehead atoms. The largest absolute Gasteiger partial charge is 0.367 e. The zero-order valence-corrected chi connectivity index (χ0v) is 11.2. The van der Waals surface area contributed by atoms with E-state index in [1.54, 1.807) is 0 Å². The third-order valence-corrected chi connectivity index (χ3v) is 4.67. The van der Waals surface area contributed by atoms with Crippen LogP contribution in [0.1, 0.15) is 6.42 Å². The quantitative estimate of drug-likeness (QED) is 0.515. The fraction of sp³-hybridized carbons (Fsp3) is 1.00. The van der Waals surface area contributed by atoms with Gasteiger partial charge in [-0.05, 0) is 0 Å². The second kappa shape index (κ2) is 4.19. The number of likely N-dealkylation sites (N-methyl/N-ethyl adjacent to an activating group) is 2. The van der Waals surface area contributed by atoms with Gasteiger partial charge in [0.25, 0.3) is 0 Å². The van der Waals surface area contributed by atoms with Gasteiger partial charge < -0.3 is 18.4 Å². The molecule has 0 radical (unpaired) electrons. The van der Waals surface area contributed by atoms with E-state index in [0.717, 1.165) is 13.2 Å². The lowest BCUT2D eigenvalue weighted by atomic mass is 10.3. The fourth-order valence-electron chi connectivity index (χ4n) is 3.24. The molecule has 3 aliphatic heterocycles. The van der Waals surface area contributed by atoms with E-state index >= 15 is 0 Å². The van der Waals surface area contributed by atoms with Gasteiger partial charge in [0.05, 0.1) is 40.4 Å². The lowest BCUT2D eigenvalue weighted by Gasteiger charge is -2.34. The molecule has 0 spiro atoms. The summed E-state index contributed by atoms with van der Waals surface area (Å²) in [6.45, 7) is 9.66. The minimum Gasteiger partial charge on any atom is -0.367 e. The van der Waals surface area contributed by atoms with Crippen LogP contribution in [-0.2, 0) is 9.47 Å². The van der Waals surface area contributed by atoms with Gasteiger partial charge in [0, 0.05) is 6.42 Å². The minimum absolute atomic E-state index is 0.559. The summed E-state index contributed by atoms with van der Waals surface area (Å²) in [4.78, 5) is 0. The predicted octanol–water partition coefficient (Wildman–Crippen LogP) is 0.0809. The molecule has 0 aliphatic carbocycles. The number of ether oxygens (including phenoxy) is 2. The Labute approximate surface area is 104 Å². The third-order valence-electron chi connectivity index (χ3n) is 4.67. The number of quaternary nitrogens is 2. The van der Waals surface area contributed by atoms with Crippen molar-refractivity contribution in [3.63, 3.8) is 0 Å². The molecule has 4 atom stereocenters. The smallest absolute Gasteiger partial charge is 0.130 e. The molecule has 98 valence electrons. The van der Waals surface area contributed by atoms with Crippen LogP contribution in [0.5, 0.6) is 0 Å². The number of epoxide rings is 2. The van der Waals surface area contributed by atoms with Gasteiger partial charge in [0.15, 0.2) is 0 Å². The van der Waals surface area contributed by atoms with E-state index in [1.807, 2.05) is 0 Å². The Bertz CT molecular complexity index is 263. The first kappa shape index (κ1) is 11.9. The molecule has 0 aromatic rings. The first-order valence-corrected chi connectivity index (χ1v) is 6.97.